The Morgan fingerprint density at radius 3 is 2.36 bits per heavy atom. The summed E-state index contributed by atoms with van der Waals surface area (Å²) in [5.74, 6) is 1.64. The fraction of sp³-hybridized carbons (Fsp3) is 1.00. The second kappa shape index (κ2) is 3.14. The lowest BCUT2D eigenvalue weighted by atomic mass is 9.71. The maximum atomic E-state index is 5.47. The van der Waals surface area contributed by atoms with Crippen molar-refractivity contribution in [1.82, 2.24) is 0 Å². The highest BCUT2D eigenvalue weighted by Crippen LogP contribution is 2.38. The molecule has 1 aliphatic rings. The molecule has 1 rings (SSSR count). The Labute approximate surface area is 70.1 Å². The van der Waals surface area contributed by atoms with Crippen molar-refractivity contribution in [3.63, 3.8) is 0 Å². The first-order valence-corrected chi connectivity index (χ1v) is 4.62. The van der Waals surface area contributed by atoms with Crippen LogP contribution < -0.4 is 0 Å². The van der Waals surface area contributed by atoms with Gasteiger partial charge in [-0.15, -0.1) is 0 Å². The first-order chi connectivity index (χ1) is 5.04. The molecule has 0 spiro atoms. The summed E-state index contributed by atoms with van der Waals surface area (Å²) >= 11 is 0. The van der Waals surface area contributed by atoms with E-state index < -0.39 is 0 Å². The molecule has 1 aliphatic heterocycles. The average Bonchev–Trinajstić information content (AvgIpc) is 1.85. The van der Waals surface area contributed by atoms with Gasteiger partial charge in [-0.1, -0.05) is 27.7 Å². The average molecular weight is 156 g/mol. The van der Waals surface area contributed by atoms with Gasteiger partial charge in [0, 0.05) is 6.61 Å². The zero-order valence-electron chi connectivity index (χ0n) is 8.18. The van der Waals surface area contributed by atoms with Crippen molar-refractivity contribution >= 4 is 0 Å². The van der Waals surface area contributed by atoms with Gasteiger partial charge in [0.1, 0.15) is 0 Å². The van der Waals surface area contributed by atoms with Crippen LogP contribution in [0.2, 0.25) is 0 Å². The number of hydrogen-bond acceptors (Lipinski definition) is 1. The maximum Gasteiger partial charge on any atom is 0.0519 e. The van der Waals surface area contributed by atoms with Gasteiger partial charge in [-0.05, 0) is 23.7 Å². The lowest BCUT2D eigenvalue weighted by molar-refractivity contribution is -0.0473. The van der Waals surface area contributed by atoms with Crippen LogP contribution in [-0.2, 0) is 4.74 Å². The Hall–Kier alpha value is -0.0400. The highest BCUT2D eigenvalue weighted by molar-refractivity contribution is 4.82. The predicted octanol–water partition coefficient (Wildman–Crippen LogP) is 2.71. The van der Waals surface area contributed by atoms with Crippen LogP contribution in [0.25, 0.3) is 0 Å². The molecule has 0 aromatic rings. The van der Waals surface area contributed by atoms with Crippen molar-refractivity contribution in [2.24, 2.45) is 17.3 Å². The van der Waals surface area contributed by atoms with Gasteiger partial charge in [0.25, 0.3) is 0 Å². The fourth-order valence-corrected chi connectivity index (χ4v) is 2.28. The Bertz CT molecular complexity index is 127. The van der Waals surface area contributed by atoms with Gasteiger partial charge in [0.05, 0.1) is 6.61 Å². The molecule has 0 radical (unpaired) electrons. The molecule has 0 amide bonds. The van der Waals surface area contributed by atoms with E-state index in [1.54, 1.807) is 0 Å². The van der Waals surface area contributed by atoms with Crippen LogP contribution in [0.4, 0.5) is 0 Å². The molecular weight excluding hydrogens is 136 g/mol. The molecule has 0 saturated carbocycles. The Morgan fingerprint density at radius 2 is 2.00 bits per heavy atom. The third-order valence-electron chi connectivity index (χ3n) is 2.86. The van der Waals surface area contributed by atoms with Crippen molar-refractivity contribution in [2.75, 3.05) is 13.2 Å². The highest BCUT2D eigenvalue weighted by atomic mass is 16.5. The molecule has 0 aromatic heterocycles. The van der Waals surface area contributed by atoms with Crippen LogP contribution >= 0.6 is 0 Å². The molecule has 1 nitrogen and oxygen atoms in total. The summed E-state index contributed by atoms with van der Waals surface area (Å²) < 4.78 is 5.47. The Morgan fingerprint density at radius 1 is 1.36 bits per heavy atom. The van der Waals surface area contributed by atoms with Gasteiger partial charge in [-0.2, -0.15) is 0 Å². The molecule has 0 aromatic carbocycles. The normalized spacial score (nSPS) is 30.8. The number of rotatable bonds is 1. The lowest BCUT2D eigenvalue weighted by Gasteiger charge is -2.40. The van der Waals surface area contributed by atoms with Crippen molar-refractivity contribution in [2.45, 2.75) is 34.1 Å². The third-order valence-corrected chi connectivity index (χ3v) is 2.86. The summed E-state index contributed by atoms with van der Waals surface area (Å²) in [5, 5.41) is 0. The zero-order chi connectivity index (χ0) is 8.48. The summed E-state index contributed by atoms with van der Waals surface area (Å²) in [5.41, 5.74) is 0.395. The van der Waals surface area contributed by atoms with E-state index in [1.807, 2.05) is 0 Å². The van der Waals surface area contributed by atoms with Crippen molar-refractivity contribution in [3.05, 3.63) is 0 Å². The van der Waals surface area contributed by atoms with Gasteiger partial charge in [-0.25, -0.2) is 0 Å². The van der Waals surface area contributed by atoms with Crippen molar-refractivity contribution in [1.29, 1.82) is 0 Å². The number of hydrogen-bond donors (Lipinski definition) is 0. The molecule has 1 heterocycles. The molecule has 1 saturated heterocycles. The molecule has 11 heavy (non-hydrogen) atoms. The molecule has 1 heteroatoms. The summed E-state index contributed by atoms with van der Waals surface area (Å²) in [7, 11) is 0. The quantitative estimate of drug-likeness (QED) is 0.567. The van der Waals surface area contributed by atoms with E-state index in [1.165, 1.54) is 6.42 Å². The summed E-state index contributed by atoms with van der Waals surface area (Å²) in [6.45, 7) is 11.2. The van der Waals surface area contributed by atoms with Crippen LogP contribution in [0, 0.1) is 17.3 Å². The first kappa shape index (κ1) is 9.05. The fourth-order valence-electron chi connectivity index (χ4n) is 2.28. The molecule has 66 valence electrons. The van der Waals surface area contributed by atoms with Crippen LogP contribution in [0.15, 0.2) is 0 Å². The molecule has 1 fully saturated rings. The zero-order valence-corrected chi connectivity index (χ0v) is 8.18. The second-order valence-corrected chi connectivity index (χ2v) is 4.68. The topological polar surface area (TPSA) is 9.23 Å². The van der Waals surface area contributed by atoms with Gasteiger partial charge in [0.15, 0.2) is 0 Å². The van der Waals surface area contributed by atoms with E-state index >= 15 is 0 Å². The standard InChI is InChI=1S/C10H20O/c1-8(2)9-5-6-11-7-10(9,3)4/h8-9H,5-7H2,1-4H3/t9-/m0/s1. The van der Waals surface area contributed by atoms with Crippen LogP contribution in [0.3, 0.4) is 0 Å². The number of ether oxygens (including phenoxy) is 1. The van der Waals surface area contributed by atoms with Gasteiger partial charge >= 0.3 is 0 Å². The molecule has 1 atom stereocenters. The Kier molecular flexibility index (Phi) is 2.58. The van der Waals surface area contributed by atoms with Crippen molar-refractivity contribution in [3.8, 4) is 0 Å². The van der Waals surface area contributed by atoms with Gasteiger partial charge in [0.2, 0.25) is 0 Å². The third kappa shape index (κ3) is 1.96. The summed E-state index contributed by atoms with van der Waals surface area (Å²) in [6, 6.07) is 0. The van der Waals surface area contributed by atoms with Crippen LogP contribution in [-0.4, -0.2) is 13.2 Å². The smallest absolute Gasteiger partial charge is 0.0519 e. The van der Waals surface area contributed by atoms with E-state index in [-0.39, 0.29) is 0 Å². The summed E-state index contributed by atoms with van der Waals surface area (Å²) in [4.78, 5) is 0. The molecule has 0 N–H and O–H groups in total. The monoisotopic (exact) mass is 156 g/mol. The van der Waals surface area contributed by atoms with E-state index in [9.17, 15) is 0 Å². The minimum Gasteiger partial charge on any atom is -0.381 e. The van der Waals surface area contributed by atoms with E-state index in [2.05, 4.69) is 27.7 Å². The lowest BCUT2D eigenvalue weighted by Crippen LogP contribution is -2.37. The minimum absolute atomic E-state index is 0.395. The van der Waals surface area contributed by atoms with E-state index in [4.69, 9.17) is 4.74 Å². The maximum absolute atomic E-state index is 5.47. The highest BCUT2D eigenvalue weighted by Gasteiger charge is 2.34. The van der Waals surface area contributed by atoms with E-state index in [0.717, 1.165) is 25.0 Å². The van der Waals surface area contributed by atoms with Crippen molar-refractivity contribution < 1.29 is 4.74 Å². The van der Waals surface area contributed by atoms with Gasteiger partial charge in [-0.3, -0.25) is 0 Å². The largest absolute Gasteiger partial charge is 0.381 e. The first-order valence-electron chi connectivity index (χ1n) is 4.62. The molecular formula is C10H20O. The molecule has 0 aliphatic carbocycles. The Balaban J connectivity index is 2.60. The SMILES string of the molecule is CC(C)[C@@H]1CCOCC1(C)C. The van der Waals surface area contributed by atoms with Crippen LogP contribution in [0.1, 0.15) is 34.1 Å². The summed E-state index contributed by atoms with van der Waals surface area (Å²) in [6.07, 6.45) is 1.24. The van der Waals surface area contributed by atoms with E-state index in [0.29, 0.717) is 5.41 Å². The molecule has 0 unspecified atom stereocenters. The minimum atomic E-state index is 0.395. The predicted molar refractivity (Wildman–Crippen MR) is 47.5 cm³/mol. The molecule has 0 bridgehead atoms. The second-order valence-electron chi connectivity index (χ2n) is 4.68. The van der Waals surface area contributed by atoms with Crippen LogP contribution in [0.5, 0.6) is 0 Å². The van der Waals surface area contributed by atoms with Gasteiger partial charge < -0.3 is 4.74 Å².